The zero-order valence-corrected chi connectivity index (χ0v) is 12.2. The van der Waals surface area contributed by atoms with Gasteiger partial charge in [-0.2, -0.15) is 10.5 Å². The minimum atomic E-state index is 0.0379. The first-order valence-electron chi connectivity index (χ1n) is 8.04. The van der Waals surface area contributed by atoms with Gasteiger partial charge in [0.1, 0.15) is 0 Å². The van der Waals surface area contributed by atoms with E-state index in [4.69, 9.17) is 5.26 Å². The number of likely N-dealkylation sites (tertiary alicyclic amines) is 1. The molecule has 0 bridgehead atoms. The summed E-state index contributed by atoms with van der Waals surface area (Å²) in [6, 6.07) is 5.36. The highest BCUT2D eigenvalue weighted by atomic mass is 15.3. The van der Waals surface area contributed by atoms with Gasteiger partial charge in [0.2, 0.25) is 0 Å². The molecule has 4 unspecified atom stereocenters. The number of hydrogen-bond acceptors (Lipinski definition) is 4. The van der Waals surface area contributed by atoms with Crippen LogP contribution in [0.25, 0.3) is 0 Å². The maximum atomic E-state index is 9.21. The number of hydrogen-bond donors (Lipinski definition) is 0. The standard InChI is InChI=1S/C16H24N4/c17-6-3-4-13(8-18)9-19-10-14-11-20-7-2-1-5-16(20)15(14)12-19/h13-16H,1-5,7,9-12H2. The summed E-state index contributed by atoms with van der Waals surface area (Å²) in [4.78, 5) is 5.21. The molecule has 3 aliphatic heterocycles. The van der Waals surface area contributed by atoms with Crippen LogP contribution in [0.4, 0.5) is 0 Å². The van der Waals surface area contributed by atoms with Gasteiger partial charge < -0.3 is 4.90 Å². The Hall–Kier alpha value is -1.10. The van der Waals surface area contributed by atoms with Crippen molar-refractivity contribution >= 4 is 0 Å². The highest BCUT2D eigenvalue weighted by Crippen LogP contribution is 2.40. The van der Waals surface area contributed by atoms with Gasteiger partial charge in [-0.25, -0.2) is 0 Å². The molecule has 3 saturated heterocycles. The summed E-state index contributed by atoms with van der Waals surface area (Å²) in [5.41, 5.74) is 0. The molecule has 0 aromatic carbocycles. The molecular weight excluding hydrogens is 248 g/mol. The van der Waals surface area contributed by atoms with Crippen LogP contribution >= 0.6 is 0 Å². The van der Waals surface area contributed by atoms with Crippen LogP contribution in [-0.2, 0) is 0 Å². The third kappa shape index (κ3) is 2.68. The molecule has 3 rings (SSSR count). The average molecular weight is 272 g/mol. The van der Waals surface area contributed by atoms with Crippen molar-refractivity contribution in [2.45, 2.75) is 38.1 Å². The van der Waals surface area contributed by atoms with Crippen LogP contribution in [-0.4, -0.2) is 48.6 Å². The molecule has 0 aliphatic carbocycles. The highest BCUT2D eigenvalue weighted by Gasteiger charge is 2.47. The Labute approximate surface area is 122 Å². The first-order valence-corrected chi connectivity index (χ1v) is 8.04. The molecule has 20 heavy (non-hydrogen) atoms. The number of piperidine rings is 1. The van der Waals surface area contributed by atoms with E-state index in [0.717, 1.165) is 30.8 Å². The molecule has 0 saturated carbocycles. The molecule has 0 aromatic rings. The van der Waals surface area contributed by atoms with Crippen molar-refractivity contribution in [3.05, 3.63) is 0 Å². The Morgan fingerprint density at radius 3 is 2.85 bits per heavy atom. The van der Waals surface area contributed by atoms with Gasteiger partial charge in [0.15, 0.2) is 0 Å². The third-order valence-corrected chi connectivity index (χ3v) is 5.46. The fourth-order valence-corrected chi connectivity index (χ4v) is 4.54. The summed E-state index contributed by atoms with van der Waals surface area (Å²) in [7, 11) is 0. The van der Waals surface area contributed by atoms with Crippen LogP contribution in [0.15, 0.2) is 0 Å². The normalized spacial score (nSPS) is 35.0. The van der Waals surface area contributed by atoms with Gasteiger partial charge in [0.25, 0.3) is 0 Å². The predicted molar refractivity (Wildman–Crippen MR) is 76.6 cm³/mol. The molecule has 0 spiro atoms. The quantitative estimate of drug-likeness (QED) is 0.783. The van der Waals surface area contributed by atoms with Gasteiger partial charge in [-0.05, 0) is 37.6 Å². The maximum absolute atomic E-state index is 9.21. The smallest absolute Gasteiger partial charge is 0.0669 e. The topological polar surface area (TPSA) is 54.1 Å². The first-order chi connectivity index (χ1) is 9.81. The molecule has 0 amide bonds. The van der Waals surface area contributed by atoms with E-state index in [-0.39, 0.29) is 5.92 Å². The third-order valence-electron chi connectivity index (χ3n) is 5.46. The molecule has 4 atom stereocenters. The van der Waals surface area contributed by atoms with Crippen molar-refractivity contribution < 1.29 is 0 Å². The maximum Gasteiger partial charge on any atom is 0.0669 e. The van der Waals surface area contributed by atoms with E-state index in [1.165, 1.54) is 45.4 Å². The lowest BCUT2D eigenvalue weighted by Gasteiger charge is -2.33. The largest absolute Gasteiger partial charge is 0.301 e. The second-order valence-corrected chi connectivity index (χ2v) is 6.72. The lowest BCUT2D eigenvalue weighted by molar-refractivity contribution is 0.151. The van der Waals surface area contributed by atoms with Gasteiger partial charge in [0, 0.05) is 38.6 Å². The van der Waals surface area contributed by atoms with Crippen LogP contribution in [0.5, 0.6) is 0 Å². The summed E-state index contributed by atoms with van der Waals surface area (Å²) >= 11 is 0. The van der Waals surface area contributed by atoms with Gasteiger partial charge in [-0.1, -0.05) is 6.42 Å². The van der Waals surface area contributed by atoms with E-state index in [9.17, 15) is 5.26 Å². The Morgan fingerprint density at radius 1 is 1.15 bits per heavy atom. The van der Waals surface area contributed by atoms with E-state index in [1.54, 1.807) is 0 Å². The van der Waals surface area contributed by atoms with E-state index >= 15 is 0 Å². The molecule has 3 aliphatic rings. The minimum Gasteiger partial charge on any atom is -0.301 e. The molecule has 0 N–H and O–H groups in total. The van der Waals surface area contributed by atoms with Crippen LogP contribution in [0.3, 0.4) is 0 Å². The average Bonchev–Trinajstić information content (AvgIpc) is 3.00. The van der Waals surface area contributed by atoms with Crippen molar-refractivity contribution in [1.29, 1.82) is 10.5 Å². The molecular formula is C16H24N4. The molecule has 4 heteroatoms. The second kappa shape index (κ2) is 6.12. The zero-order valence-electron chi connectivity index (χ0n) is 12.2. The molecule has 0 radical (unpaired) electrons. The van der Waals surface area contributed by atoms with Crippen molar-refractivity contribution in [3.63, 3.8) is 0 Å². The summed E-state index contributed by atoms with van der Waals surface area (Å²) in [6.07, 6.45) is 5.40. The van der Waals surface area contributed by atoms with Gasteiger partial charge in [-0.3, -0.25) is 4.90 Å². The highest BCUT2D eigenvalue weighted by molar-refractivity contribution is 5.01. The van der Waals surface area contributed by atoms with Crippen LogP contribution < -0.4 is 0 Å². The molecule has 3 heterocycles. The molecule has 3 fully saturated rings. The van der Waals surface area contributed by atoms with Crippen LogP contribution in [0.2, 0.25) is 0 Å². The van der Waals surface area contributed by atoms with Crippen molar-refractivity contribution in [3.8, 4) is 12.1 Å². The van der Waals surface area contributed by atoms with Crippen molar-refractivity contribution in [2.24, 2.45) is 17.8 Å². The van der Waals surface area contributed by atoms with E-state index < -0.39 is 0 Å². The summed E-state index contributed by atoms with van der Waals surface area (Å²) in [5.74, 6) is 1.70. The summed E-state index contributed by atoms with van der Waals surface area (Å²) in [6.45, 7) is 5.80. The Balaban J connectivity index is 1.53. The monoisotopic (exact) mass is 272 g/mol. The molecule has 4 nitrogen and oxygen atoms in total. The van der Waals surface area contributed by atoms with Crippen molar-refractivity contribution in [1.82, 2.24) is 9.80 Å². The molecule has 0 aromatic heterocycles. The second-order valence-electron chi connectivity index (χ2n) is 6.72. The van der Waals surface area contributed by atoms with Gasteiger partial charge in [0.05, 0.1) is 18.1 Å². The minimum absolute atomic E-state index is 0.0379. The Morgan fingerprint density at radius 2 is 2.05 bits per heavy atom. The number of nitriles is 2. The van der Waals surface area contributed by atoms with E-state index in [0.29, 0.717) is 6.42 Å². The SMILES string of the molecule is N#CCCC(C#N)CN1CC2CN3CCCCC3C2C1. The van der Waals surface area contributed by atoms with Crippen LogP contribution in [0, 0.1) is 40.4 Å². The Bertz CT molecular complexity index is 421. The summed E-state index contributed by atoms with van der Waals surface area (Å²) < 4.78 is 0. The zero-order chi connectivity index (χ0) is 13.9. The number of rotatable bonds is 4. The first kappa shape index (κ1) is 13.9. The fourth-order valence-electron chi connectivity index (χ4n) is 4.54. The lowest BCUT2D eigenvalue weighted by Crippen LogP contribution is -2.40. The van der Waals surface area contributed by atoms with Gasteiger partial charge in [-0.15, -0.1) is 0 Å². The number of fused-ring (bicyclic) bond motifs is 3. The van der Waals surface area contributed by atoms with Crippen LogP contribution in [0.1, 0.15) is 32.1 Å². The fraction of sp³-hybridized carbons (Fsp3) is 0.875. The molecule has 108 valence electrons. The predicted octanol–water partition coefficient (Wildman–Crippen LogP) is 1.85. The Kier molecular flexibility index (Phi) is 4.24. The lowest BCUT2D eigenvalue weighted by atomic mass is 9.90. The van der Waals surface area contributed by atoms with Crippen molar-refractivity contribution in [2.75, 3.05) is 32.7 Å². The summed E-state index contributed by atoms with van der Waals surface area (Å²) in [5, 5.41) is 17.9. The number of nitrogens with zero attached hydrogens (tertiary/aromatic N) is 4. The van der Waals surface area contributed by atoms with Gasteiger partial charge >= 0.3 is 0 Å². The van der Waals surface area contributed by atoms with E-state index in [1.807, 2.05) is 0 Å². The van der Waals surface area contributed by atoms with E-state index in [2.05, 4.69) is 21.9 Å².